The second-order valence-corrected chi connectivity index (χ2v) is 6.47. The number of hydrogen-bond acceptors (Lipinski definition) is 2. The summed E-state index contributed by atoms with van der Waals surface area (Å²) in [6.45, 7) is 2.21. The van der Waals surface area contributed by atoms with Crippen molar-refractivity contribution in [2.24, 2.45) is 5.92 Å². The van der Waals surface area contributed by atoms with Crippen molar-refractivity contribution in [3.05, 3.63) is 82.9 Å². The molecule has 23 heavy (non-hydrogen) atoms. The Balaban J connectivity index is 1.93. The normalized spacial score (nSPS) is 25.9. The fourth-order valence-electron chi connectivity index (χ4n) is 4.11. The Morgan fingerprint density at radius 1 is 0.783 bits per heavy atom. The lowest BCUT2D eigenvalue weighted by atomic mass is 9.66. The molecule has 0 unspecified atom stereocenters. The van der Waals surface area contributed by atoms with Crippen LogP contribution in [0.25, 0.3) is 0 Å². The van der Waals surface area contributed by atoms with Crippen molar-refractivity contribution in [2.45, 2.75) is 25.2 Å². The molecule has 2 aliphatic rings. The highest BCUT2D eigenvalue weighted by atomic mass is 16.1. The first-order valence-corrected chi connectivity index (χ1v) is 8.09. The standard InChI is InChI=1S/C21H18O2/c1-13-15-6-2-4-8-17(15)21(18-9-5-3-7-16(13)18)19-12-14(22)10-11-20(19)23/h2-11,13,19,21H,12H2,1H3/t13?,19-,21?/m0/s1. The predicted molar refractivity (Wildman–Crippen MR) is 89.5 cm³/mol. The molecular weight excluding hydrogens is 284 g/mol. The van der Waals surface area contributed by atoms with E-state index in [1.54, 1.807) is 0 Å². The minimum atomic E-state index is -0.290. The minimum Gasteiger partial charge on any atom is -0.295 e. The molecule has 2 aromatic rings. The Morgan fingerprint density at radius 3 is 1.87 bits per heavy atom. The first-order chi connectivity index (χ1) is 11.2. The van der Waals surface area contributed by atoms with Crippen LogP contribution in [0.15, 0.2) is 60.7 Å². The summed E-state index contributed by atoms with van der Waals surface area (Å²) in [6, 6.07) is 16.7. The Labute approximate surface area is 135 Å². The summed E-state index contributed by atoms with van der Waals surface area (Å²) in [5.74, 6) is 0.0998. The lowest BCUT2D eigenvalue weighted by molar-refractivity contribution is -0.125. The molecule has 0 N–H and O–H groups in total. The van der Waals surface area contributed by atoms with E-state index in [0.29, 0.717) is 12.3 Å². The van der Waals surface area contributed by atoms with Crippen LogP contribution in [0.4, 0.5) is 0 Å². The number of allylic oxidation sites excluding steroid dienone is 2. The lowest BCUT2D eigenvalue weighted by Gasteiger charge is -2.36. The molecule has 1 atom stereocenters. The van der Waals surface area contributed by atoms with Gasteiger partial charge < -0.3 is 0 Å². The van der Waals surface area contributed by atoms with Crippen LogP contribution < -0.4 is 0 Å². The average Bonchev–Trinajstić information content (AvgIpc) is 2.58. The fourth-order valence-corrected chi connectivity index (χ4v) is 4.11. The maximum Gasteiger partial charge on any atom is 0.160 e. The first kappa shape index (κ1) is 14.1. The zero-order chi connectivity index (χ0) is 16.0. The van der Waals surface area contributed by atoms with E-state index >= 15 is 0 Å². The zero-order valence-corrected chi connectivity index (χ0v) is 13.0. The van der Waals surface area contributed by atoms with E-state index in [4.69, 9.17) is 0 Å². The van der Waals surface area contributed by atoms with Gasteiger partial charge in [0.15, 0.2) is 11.6 Å². The van der Waals surface area contributed by atoms with Crippen LogP contribution in [0.5, 0.6) is 0 Å². The highest BCUT2D eigenvalue weighted by Gasteiger charge is 2.38. The van der Waals surface area contributed by atoms with Crippen molar-refractivity contribution in [3.8, 4) is 0 Å². The molecule has 0 heterocycles. The zero-order valence-electron chi connectivity index (χ0n) is 13.0. The Hall–Kier alpha value is -2.48. The molecule has 0 fully saturated rings. The Kier molecular flexibility index (Phi) is 3.26. The maximum atomic E-state index is 12.5. The SMILES string of the molecule is CC1c2ccccc2C([C@H]2CC(=O)C=CC2=O)c2ccccc21. The van der Waals surface area contributed by atoms with Crippen LogP contribution in [-0.4, -0.2) is 11.6 Å². The number of rotatable bonds is 1. The van der Waals surface area contributed by atoms with Crippen molar-refractivity contribution in [3.63, 3.8) is 0 Å². The highest BCUT2D eigenvalue weighted by molar-refractivity contribution is 6.06. The molecule has 0 amide bonds. The van der Waals surface area contributed by atoms with Gasteiger partial charge in [0.25, 0.3) is 0 Å². The molecule has 0 aromatic heterocycles. The number of hydrogen-bond donors (Lipinski definition) is 0. The van der Waals surface area contributed by atoms with Gasteiger partial charge in [-0.3, -0.25) is 9.59 Å². The predicted octanol–water partition coefficient (Wildman–Crippen LogP) is 4.00. The van der Waals surface area contributed by atoms with E-state index in [-0.39, 0.29) is 23.4 Å². The van der Waals surface area contributed by atoms with E-state index in [2.05, 4.69) is 31.2 Å². The maximum absolute atomic E-state index is 12.5. The molecule has 2 aliphatic carbocycles. The molecule has 2 nitrogen and oxygen atoms in total. The third-order valence-corrected chi connectivity index (χ3v) is 5.22. The number of ketones is 2. The number of benzene rings is 2. The third-order valence-electron chi connectivity index (χ3n) is 5.22. The van der Waals surface area contributed by atoms with Gasteiger partial charge in [-0.15, -0.1) is 0 Å². The van der Waals surface area contributed by atoms with Gasteiger partial charge in [0.2, 0.25) is 0 Å². The van der Waals surface area contributed by atoms with Crippen LogP contribution in [0, 0.1) is 5.92 Å². The van der Waals surface area contributed by atoms with E-state index in [0.717, 1.165) is 0 Å². The van der Waals surface area contributed by atoms with Gasteiger partial charge in [-0.2, -0.15) is 0 Å². The second kappa shape index (κ2) is 5.31. The van der Waals surface area contributed by atoms with Crippen LogP contribution >= 0.6 is 0 Å². The minimum absolute atomic E-state index is 0.0278. The monoisotopic (exact) mass is 302 g/mol. The molecule has 0 radical (unpaired) electrons. The second-order valence-electron chi connectivity index (χ2n) is 6.47. The summed E-state index contributed by atoms with van der Waals surface area (Å²) in [5.41, 5.74) is 4.93. The summed E-state index contributed by atoms with van der Waals surface area (Å²) < 4.78 is 0. The fraction of sp³-hybridized carbons (Fsp3) is 0.238. The lowest BCUT2D eigenvalue weighted by Crippen LogP contribution is -2.31. The van der Waals surface area contributed by atoms with Gasteiger partial charge in [0.1, 0.15) is 0 Å². The van der Waals surface area contributed by atoms with Gasteiger partial charge in [0.05, 0.1) is 0 Å². The quantitative estimate of drug-likeness (QED) is 0.798. The topological polar surface area (TPSA) is 34.1 Å². The van der Waals surface area contributed by atoms with E-state index < -0.39 is 0 Å². The molecule has 0 bridgehead atoms. The third kappa shape index (κ3) is 2.17. The Morgan fingerprint density at radius 2 is 1.30 bits per heavy atom. The van der Waals surface area contributed by atoms with E-state index in [1.165, 1.54) is 34.4 Å². The first-order valence-electron chi connectivity index (χ1n) is 8.09. The summed E-state index contributed by atoms with van der Waals surface area (Å²) >= 11 is 0. The van der Waals surface area contributed by atoms with Crippen molar-refractivity contribution in [2.75, 3.05) is 0 Å². The van der Waals surface area contributed by atoms with Gasteiger partial charge in [-0.05, 0) is 34.4 Å². The number of carbonyl (C=O) groups is 2. The number of fused-ring (bicyclic) bond motifs is 2. The average molecular weight is 302 g/mol. The van der Waals surface area contributed by atoms with Crippen LogP contribution in [-0.2, 0) is 9.59 Å². The van der Waals surface area contributed by atoms with Crippen molar-refractivity contribution in [1.82, 2.24) is 0 Å². The van der Waals surface area contributed by atoms with Gasteiger partial charge in [-0.1, -0.05) is 55.5 Å². The van der Waals surface area contributed by atoms with Crippen LogP contribution in [0.3, 0.4) is 0 Å². The molecule has 0 saturated heterocycles. The van der Waals surface area contributed by atoms with Gasteiger partial charge in [0, 0.05) is 24.2 Å². The van der Waals surface area contributed by atoms with Crippen molar-refractivity contribution in [1.29, 1.82) is 0 Å². The largest absolute Gasteiger partial charge is 0.295 e. The van der Waals surface area contributed by atoms with Crippen molar-refractivity contribution < 1.29 is 9.59 Å². The van der Waals surface area contributed by atoms with Gasteiger partial charge in [-0.25, -0.2) is 0 Å². The summed E-state index contributed by atoms with van der Waals surface area (Å²) in [5, 5.41) is 0. The van der Waals surface area contributed by atoms with E-state index in [1.807, 2.05) is 24.3 Å². The molecule has 0 spiro atoms. The smallest absolute Gasteiger partial charge is 0.160 e. The molecular formula is C21H18O2. The van der Waals surface area contributed by atoms with E-state index in [9.17, 15) is 9.59 Å². The molecule has 0 saturated carbocycles. The Bertz CT molecular complexity index is 784. The highest BCUT2D eigenvalue weighted by Crippen LogP contribution is 2.47. The molecule has 2 aromatic carbocycles. The summed E-state index contributed by atoms with van der Waals surface area (Å²) in [4.78, 5) is 24.4. The van der Waals surface area contributed by atoms with Crippen LogP contribution in [0.2, 0.25) is 0 Å². The summed E-state index contributed by atoms with van der Waals surface area (Å²) in [7, 11) is 0. The molecule has 2 heteroatoms. The molecule has 4 rings (SSSR count). The van der Waals surface area contributed by atoms with Gasteiger partial charge >= 0.3 is 0 Å². The molecule has 114 valence electrons. The van der Waals surface area contributed by atoms with Crippen LogP contribution in [0.1, 0.15) is 47.4 Å². The number of carbonyl (C=O) groups excluding carboxylic acids is 2. The van der Waals surface area contributed by atoms with Crippen molar-refractivity contribution >= 4 is 11.6 Å². The summed E-state index contributed by atoms with van der Waals surface area (Å²) in [6.07, 6.45) is 3.18. The molecule has 0 aliphatic heterocycles.